The van der Waals surface area contributed by atoms with Gasteiger partial charge in [-0.1, -0.05) is 18.2 Å². The van der Waals surface area contributed by atoms with Crippen LogP contribution in [0.25, 0.3) is 0 Å². The summed E-state index contributed by atoms with van der Waals surface area (Å²) < 4.78 is 27.7. The lowest BCUT2D eigenvalue weighted by Crippen LogP contribution is -2.19. The number of para-hydroxylation sites is 2. The molecule has 4 rings (SSSR count). The molecule has 11 heteroatoms. The first kappa shape index (κ1) is 23.1. The van der Waals surface area contributed by atoms with Crippen LogP contribution in [0.15, 0.2) is 72.9 Å². The summed E-state index contributed by atoms with van der Waals surface area (Å²) in [5, 5.41) is 13.7. The molecule has 4 aromatic rings. The monoisotopic (exact) mass is 476 g/mol. The van der Waals surface area contributed by atoms with Crippen LogP contribution in [-0.4, -0.2) is 27.9 Å². The van der Waals surface area contributed by atoms with Crippen LogP contribution in [0.1, 0.15) is 31.2 Å². The number of halogens is 2. The number of anilines is 4. The molecule has 3 aromatic carbocycles. The third kappa shape index (κ3) is 5.14. The smallest absolute Gasteiger partial charge is 0.275 e. The first-order valence-electron chi connectivity index (χ1n) is 10.2. The van der Waals surface area contributed by atoms with E-state index in [-0.39, 0.29) is 17.3 Å². The van der Waals surface area contributed by atoms with Crippen LogP contribution in [0.5, 0.6) is 0 Å². The fraction of sp³-hybridized carbons (Fsp3) is 0. The molecule has 0 atom stereocenters. The summed E-state index contributed by atoms with van der Waals surface area (Å²) in [7, 11) is 0. The van der Waals surface area contributed by atoms with Crippen molar-refractivity contribution < 1.29 is 23.2 Å². The molecule has 0 saturated heterocycles. The maximum atomic E-state index is 13.9. The molecule has 9 nitrogen and oxygen atoms in total. The zero-order valence-electron chi connectivity index (χ0n) is 17.9. The Morgan fingerprint density at radius 2 is 1.40 bits per heavy atom. The number of nitrogens with zero attached hydrogens (tertiary/aromatic N) is 1. The summed E-state index contributed by atoms with van der Waals surface area (Å²) in [6.45, 7) is 0. The number of hydrogen-bond donors (Lipinski definition) is 5. The summed E-state index contributed by atoms with van der Waals surface area (Å²) in [6.07, 6.45) is 1.13. The van der Waals surface area contributed by atoms with E-state index in [1.807, 2.05) is 0 Å². The van der Waals surface area contributed by atoms with Gasteiger partial charge in [0.05, 0.1) is 23.3 Å². The standard InChI is InChI=1S/C24H18F2N6O3/c25-15-4-3-5-16(26)20(15)23(34)31-19-12-28-32-21(19)24(35)29-14-10-8-13(9-11-14)22(33)30-18-7-2-1-6-17(18)27/h1-12H,27H2,(H,28,32)(H,29,35)(H,30,33)(H,31,34). The van der Waals surface area contributed by atoms with Crippen molar-refractivity contribution in [3.8, 4) is 0 Å². The number of aromatic nitrogens is 2. The molecular formula is C24H18F2N6O3. The number of nitrogen functional groups attached to an aromatic ring is 1. The zero-order valence-corrected chi connectivity index (χ0v) is 17.9. The third-order valence-corrected chi connectivity index (χ3v) is 4.92. The van der Waals surface area contributed by atoms with E-state index in [0.29, 0.717) is 22.6 Å². The molecule has 0 saturated carbocycles. The summed E-state index contributed by atoms with van der Waals surface area (Å²) in [5.74, 6) is -4.24. The Labute approximate surface area is 197 Å². The Balaban J connectivity index is 1.43. The van der Waals surface area contributed by atoms with Crippen molar-refractivity contribution in [2.24, 2.45) is 0 Å². The number of nitrogens with one attached hydrogen (secondary N) is 4. The van der Waals surface area contributed by atoms with Crippen LogP contribution in [0, 0.1) is 11.6 Å². The molecule has 0 aliphatic heterocycles. The van der Waals surface area contributed by atoms with E-state index in [2.05, 4.69) is 26.1 Å². The fourth-order valence-electron chi connectivity index (χ4n) is 3.16. The number of H-pyrrole nitrogens is 1. The summed E-state index contributed by atoms with van der Waals surface area (Å²) in [4.78, 5) is 37.4. The molecule has 6 N–H and O–H groups in total. The lowest BCUT2D eigenvalue weighted by atomic mass is 10.1. The van der Waals surface area contributed by atoms with E-state index < -0.39 is 29.0 Å². The highest BCUT2D eigenvalue weighted by Gasteiger charge is 2.21. The topological polar surface area (TPSA) is 142 Å². The SMILES string of the molecule is Nc1ccccc1NC(=O)c1ccc(NC(=O)c2[nH]ncc2NC(=O)c2c(F)cccc2F)cc1. The quantitative estimate of drug-likeness (QED) is 0.267. The zero-order chi connectivity index (χ0) is 24.9. The first-order valence-corrected chi connectivity index (χ1v) is 10.2. The number of rotatable bonds is 6. The van der Waals surface area contributed by atoms with Gasteiger partial charge in [-0.3, -0.25) is 19.5 Å². The van der Waals surface area contributed by atoms with Gasteiger partial charge in [-0.05, 0) is 48.5 Å². The molecule has 0 aliphatic rings. The van der Waals surface area contributed by atoms with E-state index in [0.717, 1.165) is 24.4 Å². The van der Waals surface area contributed by atoms with Gasteiger partial charge < -0.3 is 21.7 Å². The number of benzene rings is 3. The maximum Gasteiger partial charge on any atom is 0.275 e. The number of amides is 3. The van der Waals surface area contributed by atoms with Crippen LogP contribution < -0.4 is 21.7 Å². The Bertz CT molecular complexity index is 1400. The molecular weight excluding hydrogens is 458 g/mol. The van der Waals surface area contributed by atoms with Gasteiger partial charge in [0.25, 0.3) is 17.7 Å². The number of hydrogen-bond acceptors (Lipinski definition) is 5. The molecule has 1 heterocycles. The van der Waals surface area contributed by atoms with Gasteiger partial charge in [0.2, 0.25) is 0 Å². The van der Waals surface area contributed by atoms with E-state index in [1.165, 1.54) is 24.3 Å². The largest absolute Gasteiger partial charge is 0.397 e. The average Bonchev–Trinajstić information content (AvgIpc) is 3.29. The summed E-state index contributed by atoms with van der Waals surface area (Å²) in [5.41, 5.74) is 6.39. The van der Waals surface area contributed by atoms with E-state index >= 15 is 0 Å². The second-order valence-electron chi connectivity index (χ2n) is 7.28. The minimum Gasteiger partial charge on any atom is -0.397 e. The second kappa shape index (κ2) is 9.83. The lowest BCUT2D eigenvalue weighted by Gasteiger charge is -2.10. The highest BCUT2D eigenvalue weighted by molar-refractivity contribution is 6.12. The van der Waals surface area contributed by atoms with Crippen molar-refractivity contribution in [2.75, 3.05) is 21.7 Å². The molecule has 0 radical (unpaired) electrons. The van der Waals surface area contributed by atoms with Crippen molar-refractivity contribution in [1.82, 2.24) is 10.2 Å². The molecule has 1 aromatic heterocycles. The minimum atomic E-state index is -1.08. The van der Waals surface area contributed by atoms with Crippen LogP contribution >= 0.6 is 0 Å². The number of nitrogens with two attached hydrogens (primary N) is 1. The highest BCUT2D eigenvalue weighted by Crippen LogP contribution is 2.20. The van der Waals surface area contributed by atoms with Gasteiger partial charge in [-0.2, -0.15) is 5.10 Å². The van der Waals surface area contributed by atoms with Gasteiger partial charge in [0.15, 0.2) is 0 Å². The Kier molecular flexibility index (Phi) is 6.49. The maximum absolute atomic E-state index is 13.9. The molecule has 0 aliphatic carbocycles. The van der Waals surface area contributed by atoms with Crippen molar-refractivity contribution in [1.29, 1.82) is 0 Å². The van der Waals surface area contributed by atoms with Crippen molar-refractivity contribution in [3.63, 3.8) is 0 Å². The predicted molar refractivity (Wildman–Crippen MR) is 126 cm³/mol. The Morgan fingerprint density at radius 1 is 0.743 bits per heavy atom. The van der Waals surface area contributed by atoms with Crippen molar-refractivity contribution >= 4 is 40.5 Å². The van der Waals surface area contributed by atoms with Crippen molar-refractivity contribution in [2.45, 2.75) is 0 Å². The lowest BCUT2D eigenvalue weighted by molar-refractivity contribution is 0.101. The predicted octanol–water partition coefficient (Wildman–Crippen LogP) is 4.03. The highest BCUT2D eigenvalue weighted by atomic mass is 19.1. The van der Waals surface area contributed by atoms with Crippen LogP contribution in [-0.2, 0) is 0 Å². The Hall–Kier alpha value is -5.06. The molecule has 176 valence electrons. The van der Waals surface area contributed by atoms with Crippen LogP contribution in [0.3, 0.4) is 0 Å². The molecule has 0 unspecified atom stereocenters. The molecule has 35 heavy (non-hydrogen) atoms. The third-order valence-electron chi connectivity index (χ3n) is 4.92. The van der Waals surface area contributed by atoms with Gasteiger partial charge >= 0.3 is 0 Å². The summed E-state index contributed by atoms with van der Waals surface area (Å²) in [6, 6.07) is 15.8. The van der Waals surface area contributed by atoms with Gasteiger partial charge in [0.1, 0.15) is 22.9 Å². The number of aromatic amines is 1. The van der Waals surface area contributed by atoms with Gasteiger partial charge in [-0.25, -0.2) is 8.78 Å². The van der Waals surface area contributed by atoms with E-state index in [9.17, 15) is 23.2 Å². The number of carbonyl (C=O) groups excluding carboxylic acids is 3. The van der Waals surface area contributed by atoms with Crippen molar-refractivity contribution in [3.05, 3.63) is 101 Å². The van der Waals surface area contributed by atoms with E-state index in [4.69, 9.17) is 5.73 Å². The average molecular weight is 476 g/mol. The van der Waals surface area contributed by atoms with Gasteiger partial charge in [-0.15, -0.1) is 0 Å². The molecule has 0 fully saturated rings. The first-order chi connectivity index (χ1) is 16.8. The molecule has 0 spiro atoms. The van der Waals surface area contributed by atoms with Gasteiger partial charge in [0, 0.05) is 11.3 Å². The van der Waals surface area contributed by atoms with Crippen LogP contribution in [0.4, 0.5) is 31.5 Å². The summed E-state index contributed by atoms with van der Waals surface area (Å²) >= 11 is 0. The molecule has 0 bridgehead atoms. The second-order valence-corrected chi connectivity index (χ2v) is 7.28. The molecule has 3 amide bonds. The normalized spacial score (nSPS) is 10.5. The Morgan fingerprint density at radius 3 is 2.09 bits per heavy atom. The van der Waals surface area contributed by atoms with Crippen LogP contribution in [0.2, 0.25) is 0 Å². The fourth-order valence-corrected chi connectivity index (χ4v) is 3.16. The van der Waals surface area contributed by atoms with E-state index in [1.54, 1.807) is 24.3 Å². The minimum absolute atomic E-state index is 0.0772. The number of carbonyl (C=O) groups is 3.